The molecule has 4 N–H and O–H groups in total. The Morgan fingerprint density at radius 1 is 0.278 bits per heavy atom. The molecule has 0 aromatic heterocycles. The van der Waals surface area contributed by atoms with E-state index in [0.29, 0.717) is 0 Å². The molecule has 0 saturated heterocycles. The second-order valence-electron chi connectivity index (χ2n) is 10.0. The number of aryl methyl sites for hydroxylation is 6. The Hall–Kier alpha value is -3.52. The molecule has 0 aliphatic rings. The minimum absolute atomic E-state index is 0.837. The largest absolute Gasteiger partial charge is 0.399 e. The highest BCUT2D eigenvalue weighted by atomic mass is 14.5. The van der Waals surface area contributed by atoms with Gasteiger partial charge in [-0.05, 0) is 122 Å². The van der Waals surface area contributed by atoms with E-state index in [1.165, 1.54) is 59.1 Å². The van der Waals surface area contributed by atoms with E-state index in [2.05, 4.69) is 72.8 Å². The van der Waals surface area contributed by atoms with Crippen LogP contribution in [0.3, 0.4) is 0 Å². The van der Waals surface area contributed by atoms with Gasteiger partial charge in [0.15, 0.2) is 0 Å². The molecule has 2 nitrogen and oxygen atoms in total. The quantitative estimate of drug-likeness (QED) is 0.153. The topological polar surface area (TPSA) is 52.0 Å². The monoisotopic (exact) mass is 476 g/mol. The van der Waals surface area contributed by atoms with Crippen LogP contribution < -0.4 is 11.5 Å². The first-order valence-electron chi connectivity index (χ1n) is 13.5. The van der Waals surface area contributed by atoms with Gasteiger partial charge in [-0.2, -0.15) is 0 Å². The number of nitrogen functional groups attached to an aromatic ring is 2. The molecule has 0 heterocycles. The SMILES string of the molecule is Nc1ccc(CCCc2ccc(CCCCc3ccc(CCCc4ccc(N)cc4)cc3)cc2)cc1. The van der Waals surface area contributed by atoms with E-state index < -0.39 is 0 Å². The normalized spacial score (nSPS) is 11.0. The van der Waals surface area contributed by atoms with Crippen LogP contribution in [-0.4, -0.2) is 0 Å². The lowest BCUT2D eigenvalue weighted by Crippen LogP contribution is -1.94. The molecule has 36 heavy (non-hydrogen) atoms. The number of anilines is 2. The van der Waals surface area contributed by atoms with Crippen LogP contribution in [0.1, 0.15) is 59.1 Å². The molecule has 0 bridgehead atoms. The highest BCUT2D eigenvalue weighted by molar-refractivity contribution is 5.40. The van der Waals surface area contributed by atoms with Crippen molar-refractivity contribution in [3.63, 3.8) is 0 Å². The maximum absolute atomic E-state index is 5.77. The molecular weight excluding hydrogens is 436 g/mol. The zero-order valence-corrected chi connectivity index (χ0v) is 21.5. The molecule has 2 heteroatoms. The van der Waals surface area contributed by atoms with Gasteiger partial charge in [0.25, 0.3) is 0 Å². The van der Waals surface area contributed by atoms with Crippen LogP contribution in [0.4, 0.5) is 11.4 Å². The summed E-state index contributed by atoms with van der Waals surface area (Å²) in [5, 5.41) is 0. The summed E-state index contributed by atoms with van der Waals surface area (Å²) in [7, 11) is 0. The van der Waals surface area contributed by atoms with Crippen molar-refractivity contribution in [2.75, 3.05) is 11.5 Å². The third kappa shape index (κ3) is 8.61. The maximum Gasteiger partial charge on any atom is 0.0314 e. The van der Waals surface area contributed by atoms with Crippen LogP contribution >= 0.6 is 0 Å². The van der Waals surface area contributed by atoms with E-state index >= 15 is 0 Å². The minimum atomic E-state index is 0.837. The van der Waals surface area contributed by atoms with Crippen molar-refractivity contribution in [1.29, 1.82) is 0 Å². The Morgan fingerprint density at radius 3 is 0.722 bits per heavy atom. The van der Waals surface area contributed by atoms with Gasteiger partial charge in [-0.3, -0.25) is 0 Å². The first-order valence-corrected chi connectivity index (χ1v) is 13.5. The van der Waals surface area contributed by atoms with Crippen molar-refractivity contribution in [2.24, 2.45) is 0 Å². The highest BCUT2D eigenvalue weighted by Gasteiger charge is 2.01. The Labute approximate surface area is 217 Å². The third-order valence-corrected chi connectivity index (χ3v) is 7.05. The number of hydrogen-bond acceptors (Lipinski definition) is 2. The van der Waals surface area contributed by atoms with Crippen molar-refractivity contribution in [3.05, 3.63) is 130 Å². The van der Waals surface area contributed by atoms with Crippen molar-refractivity contribution in [1.82, 2.24) is 0 Å². The first-order chi connectivity index (χ1) is 17.6. The lowest BCUT2D eigenvalue weighted by molar-refractivity contribution is 0.733. The van der Waals surface area contributed by atoms with Crippen molar-refractivity contribution in [3.8, 4) is 0 Å². The van der Waals surface area contributed by atoms with Gasteiger partial charge >= 0.3 is 0 Å². The molecule has 0 saturated carbocycles. The first kappa shape index (κ1) is 25.6. The van der Waals surface area contributed by atoms with Gasteiger partial charge in [0.05, 0.1) is 0 Å². The standard InChI is InChI=1S/C34H40N2/c35-33-23-19-31(20-24-33)9-3-7-29-15-11-27(12-16-29)5-1-2-6-28-13-17-30(18-14-28)8-4-10-32-21-25-34(36)26-22-32/h11-26H,1-10,35-36H2. The van der Waals surface area contributed by atoms with E-state index in [1.54, 1.807) is 0 Å². The fourth-order valence-electron chi connectivity index (χ4n) is 4.77. The smallest absolute Gasteiger partial charge is 0.0314 e. The average molecular weight is 477 g/mol. The Kier molecular flexibility index (Phi) is 9.61. The van der Waals surface area contributed by atoms with E-state index in [1.807, 2.05) is 24.3 Å². The van der Waals surface area contributed by atoms with E-state index in [4.69, 9.17) is 11.5 Å². The Morgan fingerprint density at radius 2 is 0.472 bits per heavy atom. The van der Waals surface area contributed by atoms with Crippen molar-refractivity contribution < 1.29 is 0 Å². The molecule has 0 amide bonds. The average Bonchev–Trinajstić information content (AvgIpc) is 2.91. The third-order valence-electron chi connectivity index (χ3n) is 7.05. The molecule has 0 spiro atoms. The molecule has 0 aliphatic heterocycles. The fraction of sp³-hybridized carbons (Fsp3) is 0.294. The van der Waals surface area contributed by atoms with Gasteiger partial charge in [0.1, 0.15) is 0 Å². The number of nitrogens with two attached hydrogens (primary N) is 2. The molecule has 4 aromatic carbocycles. The van der Waals surface area contributed by atoms with Crippen LogP contribution in [0, 0.1) is 0 Å². The molecule has 0 atom stereocenters. The molecule has 186 valence electrons. The van der Waals surface area contributed by atoms with Gasteiger partial charge in [0.2, 0.25) is 0 Å². The van der Waals surface area contributed by atoms with Crippen LogP contribution in [-0.2, 0) is 38.5 Å². The zero-order chi connectivity index (χ0) is 25.0. The van der Waals surface area contributed by atoms with Gasteiger partial charge in [-0.1, -0.05) is 72.8 Å². The van der Waals surface area contributed by atoms with Gasteiger partial charge in [0, 0.05) is 11.4 Å². The summed E-state index contributed by atoms with van der Waals surface area (Å²) >= 11 is 0. The Bertz CT molecular complexity index is 1060. The summed E-state index contributed by atoms with van der Waals surface area (Å²) in [6.07, 6.45) is 11.6. The summed E-state index contributed by atoms with van der Waals surface area (Å²) < 4.78 is 0. The summed E-state index contributed by atoms with van der Waals surface area (Å²) in [5.41, 5.74) is 21.7. The lowest BCUT2D eigenvalue weighted by Gasteiger charge is -2.07. The van der Waals surface area contributed by atoms with Crippen LogP contribution in [0.2, 0.25) is 0 Å². The number of benzene rings is 4. The second-order valence-corrected chi connectivity index (χ2v) is 10.0. The summed E-state index contributed by atoms with van der Waals surface area (Å²) in [6.45, 7) is 0. The summed E-state index contributed by atoms with van der Waals surface area (Å²) in [6, 6.07) is 35.0. The second kappa shape index (κ2) is 13.5. The van der Waals surface area contributed by atoms with Crippen LogP contribution in [0.15, 0.2) is 97.1 Å². The van der Waals surface area contributed by atoms with E-state index in [9.17, 15) is 0 Å². The van der Waals surface area contributed by atoms with Crippen LogP contribution in [0.25, 0.3) is 0 Å². The van der Waals surface area contributed by atoms with Gasteiger partial charge < -0.3 is 11.5 Å². The molecule has 0 radical (unpaired) electrons. The van der Waals surface area contributed by atoms with E-state index in [0.717, 1.165) is 49.9 Å². The van der Waals surface area contributed by atoms with Gasteiger partial charge in [-0.25, -0.2) is 0 Å². The van der Waals surface area contributed by atoms with Crippen molar-refractivity contribution >= 4 is 11.4 Å². The highest BCUT2D eigenvalue weighted by Crippen LogP contribution is 2.15. The molecule has 4 rings (SSSR count). The molecule has 0 unspecified atom stereocenters. The van der Waals surface area contributed by atoms with Gasteiger partial charge in [-0.15, -0.1) is 0 Å². The number of hydrogen-bond donors (Lipinski definition) is 2. The summed E-state index contributed by atoms with van der Waals surface area (Å²) in [4.78, 5) is 0. The zero-order valence-electron chi connectivity index (χ0n) is 21.5. The maximum atomic E-state index is 5.77. The Balaban J connectivity index is 1.09. The van der Waals surface area contributed by atoms with Crippen LogP contribution in [0.5, 0.6) is 0 Å². The number of unbranched alkanes of at least 4 members (excludes halogenated alkanes) is 1. The fourth-order valence-corrected chi connectivity index (χ4v) is 4.77. The molecule has 4 aromatic rings. The predicted molar refractivity (Wildman–Crippen MR) is 155 cm³/mol. The van der Waals surface area contributed by atoms with Crippen molar-refractivity contribution in [2.45, 2.75) is 64.2 Å². The minimum Gasteiger partial charge on any atom is -0.399 e. The molecule has 0 fully saturated rings. The predicted octanol–water partition coefficient (Wildman–Crippen LogP) is 7.77. The number of rotatable bonds is 13. The van der Waals surface area contributed by atoms with E-state index in [-0.39, 0.29) is 0 Å². The molecular formula is C34H40N2. The lowest BCUT2D eigenvalue weighted by atomic mass is 9.99. The molecule has 0 aliphatic carbocycles. The summed E-state index contributed by atoms with van der Waals surface area (Å²) in [5.74, 6) is 0.